The largest absolute Gasteiger partial charge is 0.618 e. The zero-order valence-corrected chi connectivity index (χ0v) is 23.6. The van der Waals surface area contributed by atoms with Crippen LogP contribution in [0.2, 0.25) is 0 Å². The first kappa shape index (κ1) is 29.5. The molecule has 0 spiro atoms. The molecule has 13 heteroatoms. The summed E-state index contributed by atoms with van der Waals surface area (Å²) in [6.45, 7) is 0.0996. The van der Waals surface area contributed by atoms with Crippen LogP contribution < -0.4 is 14.8 Å². The number of carbonyl (C=O) groups excluding carboxylic acids is 2. The molecular formula is C30H31N3O10. The monoisotopic (exact) mass is 593 g/mol. The molecule has 2 aliphatic rings. The standard InChI is InChI=1S/C30H31N3O10/c1-40-26-20-16-33(39)24-9-3-4-13-30(24,29(37)38)28(36)32(20)17-23(26)42-14-6-10-25(34)31-19-8-5-7-18(15-19)21-11-12-22(43-21)27(35)41-2/h5,7-9,11-12,15-17,28,36H,3-4,6,10,13-14H2,1-2H3,(H,31,34)(H,37,38). The van der Waals surface area contributed by atoms with Gasteiger partial charge in [0.05, 0.1) is 27.0 Å². The number of esters is 1. The van der Waals surface area contributed by atoms with E-state index in [4.69, 9.17) is 13.9 Å². The van der Waals surface area contributed by atoms with Gasteiger partial charge in [-0.15, -0.1) is 0 Å². The summed E-state index contributed by atoms with van der Waals surface area (Å²) in [5.41, 5.74) is -0.470. The number of aliphatic hydroxyl groups excluding tert-OH is 1. The van der Waals surface area contributed by atoms with Gasteiger partial charge in [-0.25, -0.2) is 4.79 Å². The van der Waals surface area contributed by atoms with Gasteiger partial charge in [-0.3, -0.25) is 9.59 Å². The number of carboxylic acids is 1. The Kier molecular flexibility index (Phi) is 8.26. The van der Waals surface area contributed by atoms with E-state index in [1.54, 1.807) is 36.4 Å². The fraction of sp³-hybridized carbons (Fsp3) is 0.333. The number of anilines is 1. The van der Waals surface area contributed by atoms with Crippen LogP contribution in [0, 0.1) is 10.6 Å². The quantitative estimate of drug-likeness (QED) is 0.135. The molecule has 3 aromatic rings. The number of aliphatic carboxylic acids is 1. The van der Waals surface area contributed by atoms with Crippen LogP contribution in [-0.4, -0.2) is 64.4 Å². The second kappa shape index (κ2) is 12.1. The molecule has 3 N–H and O–H groups in total. The van der Waals surface area contributed by atoms with Gasteiger partial charge in [0, 0.05) is 17.7 Å². The van der Waals surface area contributed by atoms with E-state index in [1.807, 2.05) is 0 Å². The first-order chi connectivity index (χ1) is 20.7. The molecule has 226 valence electrons. The molecule has 2 unspecified atom stereocenters. The highest BCUT2D eigenvalue weighted by Crippen LogP contribution is 2.49. The summed E-state index contributed by atoms with van der Waals surface area (Å²) < 4.78 is 23.3. The normalized spacial score (nSPS) is 19.2. The van der Waals surface area contributed by atoms with E-state index in [-0.39, 0.29) is 54.0 Å². The van der Waals surface area contributed by atoms with Gasteiger partial charge < -0.3 is 43.9 Å². The average molecular weight is 594 g/mol. The predicted octanol–water partition coefficient (Wildman–Crippen LogP) is 3.91. The van der Waals surface area contributed by atoms with E-state index in [2.05, 4.69) is 10.1 Å². The summed E-state index contributed by atoms with van der Waals surface area (Å²) >= 11 is 0. The number of allylic oxidation sites excluding steroid dienone is 1. The first-order valence-corrected chi connectivity index (χ1v) is 13.6. The second-order valence-electron chi connectivity index (χ2n) is 10.1. The van der Waals surface area contributed by atoms with Crippen molar-refractivity contribution in [3.63, 3.8) is 0 Å². The van der Waals surface area contributed by atoms with Crippen LogP contribution in [0.1, 0.15) is 54.6 Å². The van der Waals surface area contributed by atoms with Crippen molar-refractivity contribution >= 4 is 29.7 Å². The minimum Gasteiger partial charge on any atom is -0.618 e. The van der Waals surface area contributed by atoms with Crippen LogP contribution >= 0.6 is 0 Å². The highest BCUT2D eigenvalue weighted by Gasteiger charge is 2.57. The van der Waals surface area contributed by atoms with Crippen molar-refractivity contribution in [1.29, 1.82) is 0 Å². The van der Waals surface area contributed by atoms with E-state index >= 15 is 0 Å². The van der Waals surface area contributed by atoms with Crippen molar-refractivity contribution in [2.24, 2.45) is 5.41 Å². The number of amides is 1. The van der Waals surface area contributed by atoms with Crippen LogP contribution in [0.15, 0.2) is 58.8 Å². The van der Waals surface area contributed by atoms with E-state index < -0.39 is 23.6 Å². The number of nitrogens with zero attached hydrogens (tertiary/aromatic N) is 2. The van der Waals surface area contributed by atoms with Gasteiger partial charge in [-0.05, 0) is 56.0 Å². The maximum atomic E-state index is 13.0. The van der Waals surface area contributed by atoms with Crippen LogP contribution in [0.3, 0.4) is 0 Å². The van der Waals surface area contributed by atoms with Crippen molar-refractivity contribution in [1.82, 2.24) is 4.57 Å². The number of nitrogens with one attached hydrogen (secondary N) is 1. The van der Waals surface area contributed by atoms with Crippen LogP contribution in [-0.2, 0) is 14.3 Å². The van der Waals surface area contributed by atoms with Gasteiger partial charge in [0.2, 0.25) is 23.6 Å². The number of furan rings is 1. The average Bonchev–Trinajstić information content (AvgIpc) is 3.61. The fourth-order valence-electron chi connectivity index (χ4n) is 5.45. The van der Waals surface area contributed by atoms with Gasteiger partial charge in [-0.2, -0.15) is 4.74 Å². The number of benzene rings is 1. The van der Waals surface area contributed by atoms with Crippen molar-refractivity contribution in [2.75, 3.05) is 26.1 Å². The van der Waals surface area contributed by atoms with Gasteiger partial charge in [0.1, 0.15) is 5.76 Å². The number of methoxy groups -OCH3 is 2. The Bertz CT molecular complexity index is 1620. The maximum Gasteiger partial charge on any atom is 0.373 e. The molecule has 13 nitrogen and oxygen atoms in total. The third-order valence-electron chi connectivity index (χ3n) is 7.56. The second-order valence-corrected chi connectivity index (χ2v) is 10.1. The molecule has 0 saturated carbocycles. The number of hydrogen-bond acceptors (Lipinski definition) is 9. The molecule has 0 bridgehead atoms. The van der Waals surface area contributed by atoms with Gasteiger partial charge in [-0.1, -0.05) is 12.1 Å². The molecule has 3 heterocycles. The van der Waals surface area contributed by atoms with Gasteiger partial charge in [0.25, 0.3) is 0 Å². The molecule has 43 heavy (non-hydrogen) atoms. The van der Waals surface area contributed by atoms with Crippen LogP contribution in [0.25, 0.3) is 11.3 Å². The lowest BCUT2D eigenvalue weighted by molar-refractivity contribution is -0.416. The highest BCUT2D eigenvalue weighted by molar-refractivity contribution is 5.91. The van der Waals surface area contributed by atoms with Crippen molar-refractivity contribution in [2.45, 2.75) is 38.3 Å². The lowest BCUT2D eigenvalue weighted by Gasteiger charge is -2.34. The molecule has 1 amide bonds. The summed E-state index contributed by atoms with van der Waals surface area (Å²) in [5.74, 6) is -1.28. The first-order valence-electron chi connectivity index (χ1n) is 13.6. The number of ether oxygens (including phenoxy) is 3. The molecule has 0 saturated heterocycles. The summed E-state index contributed by atoms with van der Waals surface area (Å²) in [7, 11) is 2.64. The summed E-state index contributed by atoms with van der Waals surface area (Å²) in [6.07, 6.45) is 4.13. The Morgan fingerprint density at radius 3 is 2.79 bits per heavy atom. The van der Waals surface area contributed by atoms with E-state index in [9.17, 15) is 29.8 Å². The fourth-order valence-corrected chi connectivity index (χ4v) is 5.45. The minimum absolute atomic E-state index is 0.0152. The summed E-state index contributed by atoms with van der Waals surface area (Å²) in [6, 6.07) is 10.1. The van der Waals surface area contributed by atoms with E-state index in [0.717, 1.165) is 0 Å². The lowest BCUT2D eigenvalue weighted by Crippen LogP contribution is -2.44. The van der Waals surface area contributed by atoms with Crippen molar-refractivity contribution < 1.29 is 48.0 Å². The Morgan fingerprint density at radius 1 is 1.23 bits per heavy atom. The molecule has 0 radical (unpaired) electrons. The maximum absolute atomic E-state index is 13.0. The van der Waals surface area contributed by atoms with Crippen LogP contribution in [0.5, 0.6) is 11.5 Å². The number of aromatic nitrogens is 1. The summed E-state index contributed by atoms with van der Waals surface area (Å²) in [5, 5.41) is 37.2. The zero-order chi connectivity index (χ0) is 30.7. The topological polar surface area (TPSA) is 176 Å². The molecule has 5 rings (SSSR count). The molecule has 0 fully saturated rings. The van der Waals surface area contributed by atoms with Gasteiger partial charge in [0.15, 0.2) is 28.8 Å². The molecule has 1 aliphatic heterocycles. The number of hydroxylamine groups is 1. The van der Waals surface area contributed by atoms with Crippen LogP contribution in [0.4, 0.5) is 5.69 Å². The highest BCUT2D eigenvalue weighted by atomic mass is 16.5. The molecule has 2 aromatic heterocycles. The summed E-state index contributed by atoms with van der Waals surface area (Å²) in [4.78, 5) is 36.7. The Morgan fingerprint density at radius 2 is 2.05 bits per heavy atom. The van der Waals surface area contributed by atoms with E-state index in [1.165, 1.54) is 37.3 Å². The number of aliphatic hydroxyl groups is 1. The number of fused-ring (bicyclic) bond motifs is 2. The van der Waals surface area contributed by atoms with Gasteiger partial charge >= 0.3 is 11.9 Å². The number of rotatable bonds is 10. The molecule has 2 atom stereocenters. The number of hydrogen-bond donors (Lipinski definition) is 3. The predicted molar refractivity (Wildman–Crippen MR) is 152 cm³/mol. The Balaban J connectivity index is 1.23. The zero-order valence-electron chi connectivity index (χ0n) is 23.6. The smallest absolute Gasteiger partial charge is 0.373 e. The molecule has 1 aliphatic carbocycles. The minimum atomic E-state index is -1.82. The van der Waals surface area contributed by atoms with Crippen molar-refractivity contribution in [3.05, 3.63) is 71.0 Å². The number of carboxylic acid groups (broad SMARTS) is 1. The Hall–Kier alpha value is -5.04. The lowest BCUT2D eigenvalue weighted by atomic mass is 9.74. The SMILES string of the molecule is COC(=O)c1ccc(-c2cccc(NC(=O)CCCOc3cn4c(c3OC)C=[N+]([O-])C3=CCCCC3(C(=O)O)C4O)c2)o1. The van der Waals surface area contributed by atoms with E-state index in [0.29, 0.717) is 41.0 Å². The Labute approximate surface area is 246 Å². The third kappa shape index (κ3) is 5.46. The van der Waals surface area contributed by atoms with Crippen molar-refractivity contribution in [3.8, 4) is 22.8 Å². The number of carbonyl (C=O) groups is 3. The third-order valence-corrected chi connectivity index (χ3v) is 7.56. The molecular weight excluding hydrogens is 562 g/mol. The molecule has 1 aromatic carbocycles.